The van der Waals surface area contributed by atoms with Crippen molar-refractivity contribution in [2.75, 3.05) is 0 Å². The van der Waals surface area contributed by atoms with E-state index < -0.39 is 6.36 Å². The number of rotatable bonds is 7. The molecule has 0 atom stereocenters. The number of aromatic nitrogens is 2. The lowest BCUT2D eigenvalue weighted by Crippen LogP contribution is -2.23. The van der Waals surface area contributed by atoms with Crippen LogP contribution in [-0.4, -0.2) is 22.4 Å². The van der Waals surface area contributed by atoms with Gasteiger partial charge in [0.2, 0.25) is 17.6 Å². The van der Waals surface area contributed by atoms with Crippen LogP contribution in [0.5, 0.6) is 5.75 Å². The van der Waals surface area contributed by atoms with E-state index in [2.05, 4.69) is 20.2 Å². The van der Waals surface area contributed by atoms with Gasteiger partial charge in [-0.15, -0.1) is 13.2 Å². The first kappa shape index (κ1) is 19.4. The minimum Gasteiger partial charge on any atom is -0.406 e. The number of halogens is 3. The second-order valence-corrected chi connectivity index (χ2v) is 5.85. The molecular weight excluding hydrogens is 375 g/mol. The van der Waals surface area contributed by atoms with Crippen molar-refractivity contribution in [3.05, 3.63) is 66.1 Å². The van der Waals surface area contributed by atoms with Gasteiger partial charge < -0.3 is 14.6 Å². The summed E-state index contributed by atoms with van der Waals surface area (Å²) in [4.78, 5) is 16.2. The van der Waals surface area contributed by atoms with Gasteiger partial charge in [0.15, 0.2) is 0 Å². The van der Waals surface area contributed by atoms with E-state index in [4.69, 9.17) is 4.52 Å². The fourth-order valence-electron chi connectivity index (χ4n) is 2.38. The maximum atomic E-state index is 12.1. The van der Waals surface area contributed by atoms with Crippen LogP contribution in [-0.2, 0) is 17.8 Å². The molecule has 0 saturated carbocycles. The number of nitrogens with zero attached hydrogens (tertiary/aromatic N) is 2. The van der Waals surface area contributed by atoms with E-state index in [-0.39, 0.29) is 31.0 Å². The number of hydrogen-bond acceptors (Lipinski definition) is 5. The fraction of sp³-hybridized carbons (Fsp3) is 0.211. The summed E-state index contributed by atoms with van der Waals surface area (Å²) in [7, 11) is 0. The van der Waals surface area contributed by atoms with Crippen LogP contribution in [0.1, 0.15) is 17.9 Å². The Kier molecular flexibility index (Phi) is 5.93. The largest absolute Gasteiger partial charge is 0.573 e. The Balaban J connectivity index is 1.44. The summed E-state index contributed by atoms with van der Waals surface area (Å²) in [6.07, 6.45) is -4.30. The molecule has 0 aliphatic carbocycles. The number of ether oxygens (including phenoxy) is 1. The normalized spacial score (nSPS) is 11.2. The number of amides is 1. The molecule has 0 radical (unpaired) electrons. The van der Waals surface area contributed by atoms with Crippen molar-refractivity contribution in [2.45, 2.75) is 25.7 Å². The third kappa shape index (κ3) is 5.83. The van der Waals surface area contributed by atoms with Gasteiger partial charge in [0.05, 0.1) is 0 Å². The predicted molar refractivity (Wildman–Crippen MR) is 93.0 cm³/mol. The van der Waals surface area contributed by atoms with Crippen LogP contribution in [0.4, 0.5) is 13.2 Å². The second-order valence-electron chi connectivity index (χ2n) is 5.85. The standard InChI is InChI=1S/C19H16F3N3O3/c20-19(21,22)27-15-8-6-13(7-9-15)12-23-16(26)10-11-17-24-18(25-28-17)14-4-2-1-3-5-14/h1-9H,10-12H2,(H,23,26). The fourth-order valence-corrected chi connectivity index (χ4v) is 2.38. The number of carbonyl (C=O) groups excluding carboxylic acids is 1. The van der Waals surface area contributed by atoms with Crippen molar-refractivity contribution in [2.24, 2.45) is 0 Å². The van der Waals surface area contributed by atoms with Crippen LogP contribution in [0.3, 0.4) is 0 Å². The zero-order valence-corrected chi connectivity index (χ0v) is 14.6. The summed E-state index contributed by atoms with van der Waals surface area (Å²) in [6.45, 7) is 0.185. The lowest BCUT2D eigenvalue weighted by molar-refractivity contribution is -0.274. The van der Waals surface area contributed by atoms with E-state index in [0.717, 1.165) is 5.56 Å². The molecule has 28 heavy (non-hydrogen) atoms. The van der Waals surface area contributed by atoms with E-state index in [1.54, 1.807) is 0 Å². The number of carbonyl (C=O) groups is 1. The minimum absolute atomic E-state index is 0.145. The molecule has 2 aromatic carbocycles. The molecule has 0 spiro atoms. The van der Waals surface area contributed by atoms with Crippen LogP contribution >= 0.6 is 0 Å². The number of benzene rings is 2. The van der Waals surface area contributed by atoms with Crippen molar-refractivity contribution in [1.82, 2.24) is 15.5 Å². The first-order chi connectivity index (χ1) is 13.4. The minimum atomic E-state index is -4.73. The molecule has 1 amide bonds. The lowest BCUT2D eigenvalue weighted by atomic mass is 10.2. The Morgan fingerprint density at radius 1 is 1.07 bits per heavy atom. The number of nitrogens with one attached hydrogen (secondary N) is 1. The van der Waals surface area contributed by atoms with E-state index >= 15 is 0 Å². The maximum Gasteiger partial charge on any atom is 0.573 e. The molecule has 9 heteroatoms. The maximum absolute atomic E-state index is 12.1. The third-order valence-corrected chi connectivity index (χ3v) is 3.71. The smallest absolute Gasteiger partial charge is 0.406 e. The highest BCUT2D eigenvalue weighted by molar-refractivity contribution is 5.76. The third-order valence-electron chi connectivity index (χ3n) is 3.71. The van der Waals surface area contributed by atoms with E-state index in [9.17, 15) is 18.0 Å². The van der Waals surface area contributed by atoms with E-state index in [1.807, 2.05) is 30.3 Å². The Labute approximate surface area is 158 Å². The zero-order chi connectivity index (χ0) is 20.0. The molecule has 0 bridgehead atoms. The van der Waals surface area contributed by atoms with Crippen LogP contribution in [0.15, 0.2) is 59.1 Å². The van der Waals surface area contributed by atoms with E-state index in [1.165, 1.54) is 24.3 Å². The number of aryl methyl sites for hydroxylation is 1. The SMILES string of the molecule is O=C(CCc1nc(-c2ccccc2)no1)NCc1ccc(OC(F)(F)F)cc1. The predicted octanol–water partition coefficient (Wildman–Crippen LogP) is 3.88. The van der Waals surface area contributed by atoms with Gasteiger partial charge in [-0.05, 0) is 17.7 Å². The van der Waals surface area contributed by atoms with Crippen molar-refractivity contribution in [1.29, 1.82) is 0 Å². The first-order valence-electron chi connectivity index (χ1n) is 8.38. The molecular formula is C19H16F3N3O3. The van der Waals surface area contributed by atoms with Gasteiger partial charge in [-0.3, -0.25) is 4.79 Å². The van der Waals surface area contributed by atoms with Gasteiger partial charge in [0.25, 0.3) is 0 Å². The van der Waals surface area contributed by atoms with Gasteiger partial charge in [-0.2, -0.15) is 4.98 Å². The number of alkyl halides is 3. The summed E-state index contributed by atoms with van der Waals surface area (Å²) in [5.41, 5.74) is 1.46. The topological polar surface area (TPSA) is 77.2 Å². The van der Waals surface area contributed by atoms with Gasteiger partial charge >= 0.3 is 6.36 Å². The van der Waals surface area contributed by atoms with Gasteiger partial charge in [0.1, 0.15) is 5.75 Å². The molecule has 1 aromatic heterocycles. The summed E-state index contributed by atoms with van der Waals surface area (Å²) < 4.78 is 45.3. The van der Waals surface area contributed by atoms with Gasteiger partial charge in [-0.1, -0.05) is 47.6 Å². The summed E-state index contributed by atoms with van der Waals surface area (Å²) >= 11 is 0. The highest BCUT2D eigenvalue weighted by Gasteiger charge is 2.30. The van der Waals surface area contributed by atoms with Crippen LogP contribution in [0.25, 0.3) is 11.4 Å². The molecule has 0 unspecified atom stereocenters. The lowest BCUT2D eigenvalue weighted by Gasteiger charge is -2.09. The number of hydrogen-bond donors (Lipinski definition) is 1. The molecule has 1 heterocycles. The molecule has 0 aliphatic heterocycles. The van der Waals surface area contributed by atoms with Gasteiger partial charge in [-0.25, -0.2) is 0 Å². The molecule has 0 aliphatic rings. The molecule has 3 rings (SSSR count). The first-order valence-corrected chi connectivity index (χ1v) is 8.38. The average Bonchev–Trinajstić information content (AvgIpc) is 3.14. The Bertz CT molecular complexity index is 909. The van der Waals surface area contributed by atoms with Crippen LogP contribution in [0, 0.1) is 0 Å². The molecule has 3 aromatic rings. The van der Waals surface area contributed by atoms with Crippen molar-refractivity contribution >= 4 is 5.91 Å². The van der Waals surface area contributed by atoms with E-state index in [0.29, 0.717) is 17.3 Å². The Morgan fingerprint density at radius 3 is 2.46 bits per heavy atom. The molecule has 0 saturated heterocycles. The average molecular weight is 391 g/mol. The summed E-state index contributed by atoms with van der Waals surface area (Å²) in [6, 6.07) is 14.6. The molecule has 1 N–H and O–H groups in total. The summed E-state index contributed by atoms with van der Waals surface area (Å²) in [5, 5.41) is 6.57. The Hall–Kier alpha value is -3.36. The quantitative estimate of drug-likeness (QED) is 0.661. The van der Waals surface area contributed by atoms with Crippen LogP contribution in [0.2, 0.25) is 0 Å². The zero-order valence-electron chi connectivity index (χ0n) is 14.6. The van der Waals surface area contributed by atoms with Crippen molar-refractivity contribution in [3.63, 3.8) is 0 Å². The highest BCUT2D eigenvalue weighted by Crippen LogP contribution is 2.22. The van der Waals surface area contributed by atoms with Crippen LogP contribution < -0.4 is 10.1 Å². The second kappa shape index (κ2) is 8.55. The van der Waals surface area contributed by atoms with Crippen molar-refractivity contribution < 1.29 is 27.2 Å². The van der Waals surface area contributed by atoms with Crippen molar-refractivity contribution in [3.8, 4) is 17.1 Å². The molecule has 6 nitrogen and oxygen atoms in total. The summed E-state index contributed by atoms with van der Waals surface area (Å²) in [5.74, 6) is 0.253. The van der Waals surface area contributed by atoms with Gasteiger partial charge in [0, 0.05) is 24.9 Å². The Morgan fingerprint density at radius 2 is 1.79 bits per heavy atom. The molecule has 146 valence electrons. The highest BCUT2D eigenvalue weighted by atomic mass is 19.4. The monoisotopic (exact) mass is 391 g/mol. The molecule has 0 fully saturated rings.